The summed E-state index contributed by atoms with van der Waals surface area (Å²) in [5, 5.41) is 9.51. The van der Waals surface area contributed by atoms with E-state index in [9.17, 15) is 5.11 Å². The molecule has 0 aliphatic carbocycles. The fourth-order valence-electron chi connectivity index (χ4n) is 1.50. The van der Waals surface area contributed by atoms with E-state index in [4.69, 9.17) is 0 Å². The maximum atomic E-state index is 9.51. The number of aliphatic imine (C=N–C) groups is 1. The van der Waals surface area contributed by atoms with Gasteiger partial charge in [-0.3, -0.25) is 4.99 Å². The molecule has 0 fully saturated rings. The normalized spacial score (nSPS) is 11.4. The van der Waals surface area contributed by atoms with E-state index in [1.807, 2.05) is 18.2 Å². The lowest BCUT2D eigenvalue weighted by Crippen LogP contribution is -2.25. The van der Waals surface area contributed by atoms with E-state index in [1.54, 1.807) is 12.3 Å². The zero-order valence-corrected chi connectivity index (χ0v) is 10.1. The maximum absolute atomic E-state index is 9.51. The molecule has 16 heavy (non-hydrogen) atoms. The molecule has 0 aliphatic heterocycles. The molecule has 0 radical (unpaired) electrons. The van der Waals surface area contributed by atoms with Crippen LogP contribution in [0.1, 0.15) is 19.4 Å². The van der Waals surface area contributed by atoms with Gasteiger partial charge in [0.2, 0.25) is 0 Å². The number of hydrogen-bond acceptors (Lipinski definition) is 3. The van der Waals surface area contributed by atoms with Gasteiger partial charge >= 0.3 is 0 Å². The minimum Gasteiger partial charge on any atom is -0.507 e. The van der Waals surface area contributed by atoms with Gasteiger partial charge in [-0.05, 0) is 25.2 Å². The minimum atomic E-state index is 0.286. The van der Waals surface area contributed by atoms with E-state index < -0.39 is 0 Å². The van der Waals surface area contributed by atoms with Crippen molar-refractivity contribution in [1.82, 2.24) is 4.90 Å². The van der Waals surface area contributed by atoms with Crippen molar-refractivity contribution in [1.29, 1.82) is 0 Å². The third-order valence-corrected chi connectivity index (χ3v) is 2.61. The first kappa shape index (κ1) is 12.7. The largest absolute Gasteiger partial charge is 0.507 e. The van der Waals surface area contributed by atoms with Gasteiger partial charge in [-0.1, -0.05) is 26.0 Å². The molecule has 0 saturated carbocycles. The van der Waals surface area contributed by atoms with Crippen molar-refractivity contribution in [2.75, 3.05) is 26.2 Å². The van der Waals surface area contributed by atoms with Crippen molar-refractivity contribution in [2.45, 2.75) is 13.8 Å². The average Bonchev–Trinajstić information content (AvgIpc) is 2.31. The number of phenolic OH excluding ortho intramolecular Hbond substituents is 1. The third-order valence-electron chi connectivity index (χ3n) is 2.61. The highest BCUT2D eigenvalue weighted by Gasteiger charge is 1.97. The van der Waals surface area contributed by atoms with Crippen molar-refractivity contribution in [3.63, 3.8) is 0 Å². The van der Waals surface area contributed by atoms with Gasteiger partial charge in [-0.25, -0.2) is 0 Å². The van der Waals surface area contributed by atoms with Crippen LogP contribution in [0.3, 0.4) is 0 Å². The number of hydrogen-bond donors (Lipinski definition) is 1. The number of phenols is 1. The van der Waals surface area contributed by atoms with Gasteiger partial charge in [-0.2, -0.15) is 0 Å². The lowest BCUT2D eigenvalue weighted by Gasteiger charge is -2.15. The summed E-state index contributed by atoms with van der Waals surface area (Å²) in [7, 11) is 0. The quantitative estimate of drug-likeness (QED) is 0.746. The van der Waals surface area contributed by atoms with E-state index in [0.717, 1.165) is 31.7 Å². The van der Waals surface area contributed by atoms with Crippen molar-refractivity contribution >= 4 is 6.21 Å². The second-order valence-corrected chi connectivity index (χ2v) is 3.62. The van der Waals surface area contributed by atoms with E-state index in [1.165, 1.54) is 0 Å². The van der Waals surface area contributed by atoms with Crippen LogP contribution in [0.25, 0.3) is 0 Å². The predicted molar refractivity (Wildman–Crippen MR) is 68.4 cm³/mol. The second kappa shape index (κ2) is 7.01. The van der Waals surface area contributed by atoms with Crippen LogP contribution >= 0.6 is 0 Å². The topological polar surface area (TPSA) is 35.8 Å². The summed E-state index contributed by atoms with van der Waals surface area (Å²) in [6.45, 7) is 8.16. The van der Waals surface area contributed by atoms with Crippen molar-refractivity contribution < 1.29 is 5.11 Å². The van der Waals surface area contributed by atoms with Gasteiger partial charge < -0.3 is 10.0 Å². The molecule has 1 rings (SSSR count). The average molecular weight is 220 g/mol. The van der Waals surface area contributed by atoms with Crippen LogP contribution in [0.4, 0.5) is 0 Å². The van der Waals surface area contributed by atoms with Crippen LogP contribution in [0, 0.1) is 0 Å². The molecule has 88 valence electrons. The number of para-hydroxylation sites is 1. The molecule has 0 amide bonds. The summed E-state index contributed by atoms with van der Waals surface area (Å²) in [6, 6.07) is 7.23. The molecule has 0 unspecified atom stereocenters. The van der Waals surface area contributed by atoms with E-state index in [2.05, 4.69) is 23.7 Å². The highest BCUT2D eigenvalue weighted by molar-refractivity contribution is 5.83. The number of likely N-dealkylation sites (N-methyl/N-ethyl adjacent to an activating group) is 1. The third kappa shape index (κ3) is 4.03. The number of rotatable bonds is 6. The first-order valence-electron chi connectivity index (χ1n) is 5.78. The van der Waals surface area contributed by atoms with Gasteiger partial charge in [-0.15, -0.1) is 0 Å². The second-order valence-electron chi connectivity index (χ2n) is 3.62. The molecule has 0 aliphatic rings. The fourth-order valence-corrected chi connectivity index (χ4v) is 1.50. The molecular weight excluding hydrogens is 200 g/mol. The molecule has 0 spiro atoms. The maximum Gasteiger partial charge on any atom is 0.124 e. The molecule has 3 nitrogen and oxygen atoms in total. The molecule has 1 aromatic carbocycles. The molecule has 1 aromatic rings. The Morgan fingerprint density at radius 3 is 2.56 bits per heavy atom. The van der Waals surface area contributed by atoms with Gasteiger partial charge in [0.1, 0.15) is 5.75 Å². The minimum absolute atomic E-state index is 0.286. The summed E-state index contributed by atoms with van der Waals surface area (Å²) in [5.74, 6) is 0.286. The fraction of sp³-hybridized carbons (Fsp3) is 0.462. The Hall–Kier alpha value is -1.35. The van der Waals surface area contributed by atoms with Crippen LogP contribution in [0.2, 0.25) is 0 Å². The van der Waals surface area contributed by atoms with Crippen molar-refractivity contribution in [3.8, 4) is 5.75 Å². The van der Waals surface area contributed by atoms with Crippen LogP contribution < -0.4 is 0 Å². The zero-order chi connectivity index (χ0) is 11.8. The van der Waals surface area contributed by atoms with Gasteiger partial charge in [0.05, 0.1) is 6.54 Å². The first-order valence-corrected chi connectivity index (χ1v) is 5.78. The highest BCUT2D eigenvalue weighted by atomic mass is 16.3. The molecule has 3 heteroatoms. The lowest BCUT2D eigenvalue weighted by atomic mass is 10.2. The molecule has 1 N–H and O–H groups in total. The van der Waals surface area contributed by atoms with Crippen molar-refractivity contribution in [2.24, 2.45) is 4.99 Å². The van der Waals surface area contributed by atoms with Crippen LogP contribution in [0.15, 0.2) is 29.3 Å². The number of benzene rings is 1. The summed E-state index contributed by atoms with van der Waals surface area (Å²) in [5.41, 5.74) is 0.780. The van der Waals surface area contributed by atoms with E-state index in [0.29, 0.717) is 0 Å². The lowest BCUT2D eigenvalue weighted by molar-refractivity contribution is 0.313. The monoisotopic (exact) mass is 220 g/mol. The Morgan fingerprint density at radius 1 is 1.25 bits per heavy atom. The molecular formula is C13H20N2O. The smallest absolute Gasteiger partial charge is 0.124 e. The van der Waals surface area contributed by atoms with Crippen molar-refractivity contribution in [3.05, 3.63) is 29.8 Å². The summed E-state index contributed by atoms with van der Waals surface area (Å²) in [4.78, 5) is 6.63. The Bertz CT molecular complexity index is 332. The Balaban J connectivity index is 2.40. The summed E-state index contributed by atoms with van der Waals surface area (Å²) >= 11 is 0. The van der Waals surface area contributed by atoms with Gasteiger partial charge in [0, 0.05) is 18.3 Å². The summed E-state index contributed by atoms with van der Waals surface area (Å²) < 4.78 is 0. The molecule has 0 heterocycles. The Labute approximate surface area is 97.4 Å². The zero-order valence-electron chi connectivity index (χ0n) is 10.1. The van der Waals surface area contributed by atoms with Crippen LogP contribution in [-0.4, -0.2) is 42.4 Å². The molecule has 0 aromatic heterocycles. The Morgan fingerprint density at radius 2 is 1.94 bits per heavy atom. The molecule has 0 saturated heterocycles. The Kier molecular flexibility index (Phi) is 5.57. The SMILES string of the molecule is CCN(CC)CC/N=C/c1ccccc1O. The van der Waals surface area contributed by atoms with Crippen LogP contribution in [0.5, 0.6) is 5.75 Å². The highest BCUT2D eigenvalue weighted by Crippen LogP contribution is 2.12. The molecule has 0 atom stereocenters. The van der Waals surface area contributed by atoms with Gasteiger partial charge in [0.15, 0.2) is 0 Å². The summed E-state index contributed by atoms with van der Waals surface area (Å²) in [6.07, 6.45) is 1.73. The number of aromatic hydroxyl groups is 1. The standard InChI is InChI=1S/C13H20N2O/c1-3-15(4-2)10-9-14-11-12-7-5-6-8-13(12)16/h5-8,11,16H,3-4,9-10H2,1-2H3/b14-11+. The predicted octanol–water partition coefficient (Wildman–Crippen LogP) is 2.15. The van der Waals surface area contributed by atoms with Gasteiger partial charge in [0.25, 0.3) is 0 Å². The van der Waals surface area contributed by atoms with E-state index in [-0.39, 0.29) is 5.75 Å². The molecule has 0 bridgehead atoms. The first-order chi connectivity index (χ1) is 7.77. The number of nitrogens with zero attached hydrogens (tertiary/aromatic N) is 2. The van der Waals surface area contributed by atoms with Crippen LogP contribution in [-0.2, 0) is 0 Å². The van der Waals surface area contributed by atoms with E-state index >= 15 is 0 Å².